The topological polar surface area (TPSA) is 50.7 Å². The molecule has 0 saturated heterocycles. The van der Waals surface area contributed by atoms with Gasteiger partial charge in [-0.25, -0.2) is 0 Å². The minimum absolute atomic E-state index is 0.786. The van der Waals surface area contributed by atoms with Crippen LogP contribution in [0.5, 0.6) is 0 Å². The van der Waals surface area contributed by atoms with Crippen molar-refractivity contribution < 1.29 is 0 Å². The van der Waals surface area contributed by atoms with E-state index >= 15 is 0 Å². The first-order valence-corrected chi connectivity index (χ1v) is 6.38. The predicted octanol–water partition coefficient (Wildman–Crippen LogP) is 2.88. The van der Waals surface area contributed by atoms with Gasteiger partial charge in [0.05, 0.1) is 0 Å². The van der Waals surface area contributed by atoms with E-state index in [-0.39, 0.29) is 0 Å². The molecule has 1 N–H and O–H groups in total. The van der Waals surface area contributed by atoms with Crippen molar-refractivity contribution in [1.29, 1.82) is 0 Å². The van der Waals surface area contributed by atoms with E-state index in [9.17, 15) is 0 Å². The fourth-order valence-corrected chi connectivity index (χ4v) is 1.95. The number of hydrogen-bond donors (Lipinski definition) is 1. The quantitative estimate of drug-likeness (QED) is 0.881. The highest BCUT2D eigenvalue weighted by molar-refractivity contribution is 7.13. The van der Waals surface area contributed by atoms with E-state index in [4.69, 9.17) is 0 Å². The summed E-state index contributed by atoms with van der Waals surface area (Å²) in [7, 11) is 0. The maximum absolute atomic E-state index is 4.32. The third-order valence-electron chi connectivity index (χ3n) is 2.18. The Morgan fingerprint density at radius 3 is 3.06 bits per heavy atom. The highest BCUT2D eigenvalue weighted by atomic mass is 32.1. The van der Waals surface area contributed by atoms with Gasteiger partial charge in [0.1, 0.15) is 5.51 Å². The van der Waals surface area contributed by atoms with Crippen LogP contribution in [0, 0.1) is 0 Å². The molecule has 0 aliphatic carbocycles. The van der Waals surface area contributed by atoms with E-state index in [0.29, 0.717) is 0 Å². The lowest BCUT2D eigenvalue weighted by molar-refractivity contribution is 1.01. The van der Waals surface area contributed by atoms with Crippen LogP contribution in [0.3, 0.4) is 0 Å². The van der Waals surface area contributed by atoms with E-state index in [1.54, 1.807) is 5.51 Å². The number of allylic oxidation sites excluding steroid dienone is 2. The zero-order valence-corrected chi connectivity index (χ0v) is 10.4. The summed E-state index contributed by atoms with van der Waals surface area (Å²) in [5.41, 5.74) is 3.87. The molecule has 0 unspecified atom stereocenters. The summed E-state index contributed by atoms with van der Waals surface area (Å²) in [5.74, 6) is 0. The van der Waals surface area contributed by atoms with Crippen molar-refractivity contribution in [2.24, 2.45) is 0 Å². The molecule has 5 heteroatoms. The Morgan fingerprint density at radius 1 is 1.47 bits per heavy atom. The number of anilines is 1. The van der Waals surface area contributed by atoms with Gasteiger partial charge in [-0.2, -0.15) is 0 Å². The molecule has 2 rings (SSSR count). The first-order valence-electron chi connectivity index (χ1n) is 5.50. The Bertz CT molecular complexity index is 465. The van der Waals surface area contributed by atoms with Gasteiger partial charge in [-0.3, -0.25) is 4.98 Å². The van der Waals surface area contributed by atoms with Crippen LogP contribution in [0.1, 0.15) is 19.0 Å². The molecule has 0 atom stereocenters. The van der Waals surface area contributed by atoms with Gasteiger partial charge in [0.15, 0.2) is 0 Å². The van der Waals surface area contributed by atoms with Gasteiger partial charge < -0.3 is 5.32 Å². The molecule has 4 nitrogen and oxygen atoms in total. The molecular formula is C12H14N4S. The average Bonchev–Trinajstić information content (AvgIpc) is 2.83. The summed E-state index contributed by atoms with van der Waals surface area (Å²) in [5, 5.41) is 11.9. The van der Waals surface area contributed by atoms with E-state index in [2.05, 4.69) is 33.5 Å². The normalized spacial score (nSPS) is 11.5. The fraction of sp³-hybridized carbons (Fsp3) is 0.250. The average molecular weight is 246 g/mol. The second-order valence-electron chi connectivity index (χ2n) is 3.50. The molecule has 0 radical (unpaired) electrons. The van der Waals surface area contributed by atoms with Crippen LogP contribution in [0.25, 0.3) is 0 Å². The summed E-state index contributed by atoms with van der Waals surface area (Å²) in [6.07, 6.45) is 5.72. The first kappa shape index (κ1) is 11.7. The lowest BCUT2D eigenvalue weighted by Gasteiger charge is -2.07. The number of nitrogens with one attached hydrogen (secondary N) is 1. The molecule has 0 saturated carbocycles. The molecule has 0 spiro atoms. The predicted molar refractivity (Wildman–Crippen MR) is 69.8 cm³/mol. The Morgan fingerprint density at radius 2 is 2.41 bits per heavy atom. The molecule has 0 aliphatic rings. The van der Waals surface area contributed by atoms with Gasteiger partial charge in [0.2, 0.25) is 5.13 Å². The largest absolute Gasteiger partial charge is 0.334 e. The minimum atomic E-state index is 0.786. The number of nitrogens with zero attached hydrogens (tertiary/aromatic N) is 3. The standard InChI is InChI=1S/C12H14N4S/c1-2-5-11(15-12-16-14-9-17-12)8-10-6-3-4-7-13-10/h3-7,9H,2,8H2,1H3,(H,15,16)/b11-5+. The van der Waals surface area contributed by atoms with Gasteiger partial charge in [-0.15, -0.1) is 10.2 Å². The van der Waals surface area contributed by atoms with Crippen LogP contribution >= 0.6 is 11.3 Å². The minimum Gasteiger partial charge on any atom is -0.334 e. The SMILES string of the molecule is CC/C=C(\Cc1ccccn1)Nc1nncs1. The number of aromatic nitrogens is 3. The second kappa shape index (κ2) is 6.10. The molecule has 0 bridgehead atoms. The maximum atomic E-state index is 4.32. The zero-order chi connectivity index (χ0) is 11.9. The summed E-state index contributed by atoms with van der Waals surface area (Å²) < 4.78 is 0. The summed E-state index contributed by atoms with van der Waals surface area (Å²) in [4.78, 5) is 4.32. The van der Waals surface area contributed by atoms with Crippen molar-refractivity contribution in [1.82, 2.24) is 15.2 Å². The van der Waals surface area contributed by atoms with Gasteiger partial charge >= 0.3 is 0 Å². The molecule has 2 aromatic heterocycles. The molecule has 0 aromatic carbocycles. The van der Waals surface area contributed by atoms with Gasteiger partial charge in [-0.05, 0) is 18.6 Å². The molecule has 88 valence electrons. The molecule has 2 heterocycles. The second-order valence-corrected chi connectivity index (χ2v) is 4.34. The zero-order valence-electron chi connectivity index (χ0n) is 9.63. The van der Waals surface area contributed by atoms with E-state index in [1.807, 2.05) is 24.4 Å². The highest BCUT2D eigenvalue weighted by Crippen LogP contribution is 2.14. The Hall–Kier alpha value is -1.75. The molecule has 0 fully saturated rings. The van der Waals surface area contributed by atoms with Crippen molar-refractivity contribution in [2.45, 2.75) is 19.8 Å². The van der Waals surface area contributed by atoms with E-state index in [0.717, 1.165) is 29.4 Å². The van der Waals surface area contributed by atoms with Crippen molar-refractivity contribution >= 4 is 16.5 Å². The molecule has 0 aliphatic heterocycles. The maximum Gasteiger partial charge on any atom is 0.209 e. The van der Waals surface area contributed by atoms with Crippen molar-refractivity contribution in [3.05, 3.63) is 47.4 Å². The molecule has 0 amide bonds. The molecule has 2 aromatic rings. The highest BCUT2D eigenvalue weighted by Gasteiger charge is 2.03. The monoisotopic (exact) mass is 246 g/mol. The van der Waals surface area contributed by atoms with Gasteiger partial charge in [-0.1, -0.05) is 30.4 Å². The van der Waals surface area contributed by atoms with Gasteiger partial charge in [0, 0.05) is 24.0 Å². The van der Waals surface area contributed by atoms with Crippen LogP contribution in [0.4, 0.5) is 5.13 Å². The Kier molecular flexibility index (Phi) is 4.21. The van der Waals surface area contributed by atoms with Crippen LogP contribution in [-0.2, 0) is 6.42 Å². The smallest absolute Gasteiger partial charge is 0.209 e. The third-order valence-corrected chi connectivity index (χ3v) is 2.78. The van der Waals surface area contributed by atoms with E-state index < -0.39 is 0 Å². The Balaban J connectivity index is 2.06. The lowest BCUT2D eigenvalue weighted by Crippen LogP contribution is -2.04. The Labute approximate surface area is 104 Å². The van der Waals surface area contributed by atoms with Crippen LogP contribution in [0.2, 0.25) is 0 Å². The number of pyridine rings is 1. The summed E-state index contributed by atoms with van der Waals surface area (Å²) >= 11 is 1.49. The third kappa shape index (κ3) is 3.64. The van der Waals surface area contributed by atoms with Crippen molar-refractivity contribution in [2.75, 3.05) is 5.32 Å². The number of hydrogen-bond acceptors (Lipinski definition) is 5. The molecular weight excluding hydrogens is 232 g/mol. The first-order chi connectivity index (χ1) is 8.38. The number of rotatable bonds is 5. The van der Waals surface area contributed by atoms with Crippen molar-refractivity contribution in [3.63, 3.8) is 0 Å². The van der Waals surface area contributed by atoms with E-state index in [1.165, 1.54) is 11.3 Å². The summed E-state index contributed by atoms with van der Waals surface area (Å²) in [6.45, 7) is 2.11. The van der Waals surface area contributed by atoms with Gasteiger partial charge in [0.25, 0.3) is 0 Å². The lowest BCUT2D eigenvalue weighted by atomic mass is 10.2. The van der Waals surface area contributed by atoms with Crippen LogP contribution in [0.15, 0.2) is 41.7 Å². The van der Waals surface area contributed by atoms with Crippen LogP contribution in [-0.4, -0.2) is 15.2 Å². The van der Waals surface area contributed by atoms with Crippen LogP contribution < -0.4 is 5.32 Å². The fourth-order valence-electron chi connectivity index (χ4n) is 1.48. The molecule has 17 heavy (non-hydrogen) atoms. The summed E-state index contributed by atoms with van der Waals surface area (Å²) in [6, 6.07) is 5.94. The van der Waals surface area contributed by atoms with Crippen molar-refractivity contribution in [3.8, 4) is 0 Å².